The summed E-state index contributed by atoms with van der Waals surface area (Å²) in [6.45, 7) is 1.81. The Kier molecular flexibility index (Phi) is 5.99. The van der Waals surface area contributed by atoms with E-state index < -0.39 is 5.82 Å². The van der Waals surface area contributed by atoms with E-state index in [1.165, 1.54) is 17.2 Å². The quantitative estimate of drug-likeness (QED) is 0.577. The van der Waals surface area contributed by atoms with Crippen LogP contribution in [-0.2, 0) is 16.7 Å². The monoisotopic (exact) mass is 470 g/mol. The van der Waals surface area contributed by atoms with Crippen LogP contribution in [0.1, 0.15) is 30.9 Å². The second-order valence-electron chi connectivity index (χ2n) is 8.37. The topological polar surface area (TPSA) is 76.4 Å². The number of hydroxylamine groups is 2. The van der Waals surface area contributed by atoms with Gasteiger partial charge in [0.15, 0.2) is 0 Å². The van der Waals surface area contributed by atoms with Crippen molar-refractivity contribution in [2.24, 2.45) is 13.0 Å². The zero-order chi connectivity index (χ0) is 22.9. The fraction of sp³-hybridized carbons (Fsp3) is 0.391. The highest BCUT2D eigenvalue weighted by atomic mass is 35.5. The summed E-state index contributed by atoms with van der Waals surface area (Å²) in [5.74, 6) is 0.192. The standard InChI is InChI=1S/C23H24ClFN6O2/c1-29-21(2-6-28-29)19-13-22(27-14-26-19)30-7-3-15(4-8-30)23(32)31-20(5-9-33-31)16-10-17(24)12-18(25)11-16/h2,6,10-15,20H,3-5,7-9H2,1H3/t20-/m0/s1. The molecule has 1 amide bonds. The lowest BCUT2D eigenvalue weighted by molar-refractivity contribution is -0.182. The predicted octanol–water partition coefficient (Wildman–Crippen LogP) is 3.79. The molecule has 2 aliphatic heterocycles. The van der Waals surface area contributed by atoms with Gasteiger partial charge in [-0.3, -0.25) is 14.3 Å². The van der Waals surface area contributed by atoms with Crippen LogP contribution in [0.15, 0.2) is 42.9 Å². The minimum absolute atomic E-state index is 0.0594. The molecule has 5 rings (SSSR count). The first-order valence-corrected chi connectivity index (χ1v) is 11.3. The van der Waals surface area contributed by atoms with Crippen LogP contribution in [0.5, 0.6) is 0 Å². The van der Waals surface area contributed by atoms with E-state index in [0.29, 0.717) is 49.5 Å². The number of benzene rings is 1. The molecular weight excluding hydrogens is 447 g/mol. The summed E-state index contributed by atoms with van der Waals surface area (Å²) in [5, 5.41) is 5.94. The molecular formula is C23H24ClFN6O2. The molecule has 0 unspecified atom stereocenters. The molecule has 2 aromatic heterocycles. The second kappa shape index (κ2) is 9.07. The third-order valence-electron chi connectivity index (χ3n) is 6.30. The number of amides is 1. The maximum Gasteiger partial charge on any atom is 0.249 e. The average Bonchev–Trinajstić information content (AvgIpc) is 3.47. The Balaban J connectivity index is 1.26. The fourth-order valence-electron chi connectivity index (χ4n) is 4.58. The minimum atomic E-state index is -0.416. The molecule has 0 bridgehead atoms. The van der Waals surface area contributed by atoms with Gasteiger partial charge in [-0.15, -0.1) is 0 Å². The molecule has 172 valence electrons. The third kappa shape index (κ3) is 4.43. The Labute approximate surface area is 195 Å². The van der Waals surface area contributed by atoms with Gasteiger partial charge in [0, 0.05) is 49.8 Å². The average molecular weight is 471 g/mol. The smallest absolute Gasteiger partial charge is 0.249 e. The molecule has 0 spiro atoms. The number of carbonyl (C=O) groups is 1. The van der Waals surface area contributed by atoms with Crippen molar-refractivity contribution in [3.05, 3.63) is 59.3 Å². The lowest BCUT2D eigenvalue weighted by atomic mass is 9.94. The van der Waals surface area contributed by atoms with E-state index in [0.717, 1.165) is 17.2 Å². The molecule has 10 heteroatoms. The van der Waals surface area contributed by atoms with Crippen LogP contribution in [0.4, 0.5) is 10.2 Å². The van der Waals surface area contributed by atoms with Gasteiger partial charge in [-0.1, -0.05) is 11.6 Å². The van der Waals surface area contributed by atoms with Gasteiger partial charge in [0.1, 0.15) is 18.0 Å². The van der Waals surface area contributed by atoms with Gasteiger partial charge in [-0.2, -0.15) is 5.10 Å². The number of hydrogen-bond acceptors (Lipinski definition) is 6. The lowest BCUT2D eigenvalue weighted by Crippen LogP contribution is -2.42. The van der Waals surface area contributed by atoms with Crippen molar-refractivity contribution < 1.29 is 14.0 Å². The zero-order valence-corrected chi connectivity index (χ0v) is 19.0. The molecule has 8 nitrogen and oxygen atoms in total. The molecule has 1 atom stereocenters. The van der Waals surface area contributed by atoms with Gasteiger partial charge in [-0.25, -0.2) is 19.4 Å². The van der Waals surface area contributed by atoms with Gasteiger partial charge in [0.2, 0.25) is 5.91 Å². The Hall–Kier alpha value is -3.04. The van der Waals surface area contributed by atoms with Crippen molar-refractivity contribution >= 4 is 23.3 Å². The van der Waals surface area contributed by atoms with Crippen LogP contribution in [0.25, 0.3) is 11.4 Å². The van der Waals surface area contributed by atoms with E-state index in [4.69, 9.17) is 16.4 Å². The Morgan fingerprint density at radius 3 is 2.70 bits per heavy atom. The summed E-state index contributed by atoms with van der Waals surface area (Å²) in [4.78, 5) is 29.9. The van der Waals surface area contributed by atoms with Crippen LogP contribution in [0.2, 0.25) is 5.02 Å². The number of rotatable bonds is 4. The van der Waals surface area contributed by atoms with E-state index in [2.05, 4.69) is 20.0 Å². The highest BCUT2D eigenvalue weighted by molar-refractivity contribution is 6.30. The fourth-order valence-corrected chi connectivity index (χ4v) is 4.81. The van der Waals surface area contributed by atoms with Crippen LogP contribution in [0.3, 0.4) is 0 Å². The predicted molar refractivity (Wildman–Crippen MR) is 121 cm³/mol. The summed E-state index contributed by atoms with van der Waals surface area (Å²) >= 11 is 6.03. The number of anilines is 1. The summed E-state index contributed by atoms with van der Waals surface area (Å²) in [5.41, 5.74) is 2.38. The first-order valence-electron chi connectivity index (χ1n) is 11.0. The molecule has 3 aromatic rings. The molecule has 2 aliphatic rings. The summed E-state index contributed by atoms with van der Waals surface area (Å²) in [7, 11) is 1.87. The SMILES string of the molecule is Cn1nccc1-c1cc(N2CCC(C(=O)N3OCC[C@H]3c3cc(F)cc(Cl)c3)CC2)ncn1. The number of aromatic nitrogens is 4. The Morgan fingerprint density at radius 1 is 1.15 bits per heavy atom. The van der Waals surface area contributed by atoms with Crippen molar-refractivity contribution in [2.75, 3.05) is 24.6 Å². The lowest BCUT2D eigenvalue weighted by Gasteiger charge is -2.34. The van der Waals surface area contributed by atoms with E-state index in [9.17, 15) is 9.18 Å². The van der Waals surface area contributed by atoms with E-state index >= 15 is 0 Å². The number of hydrogen-bond donors (Lipinski definition) is 0. The molecule has 33 heavy (non-hydrogen) atoms. The molecule has 2 saturated heterocycles. The van der Waals surface area contributed by atoms with Gasteiger partial charge in [0.25, 0.3) is 0 Å². The van der Waals surface area contributed by atoms with Crippen LogP contribution in [0, 0.1) is 11.7 Å². The van der Waals surface area contributed by atoms with E-state index in [-0.39, 0.29) is 17.9 Å². The third-order valence-corrected chi connectivity index (χ3v) is 6.51. The van der Waals surface area contributed by atoms with Gasteiger partial charge >= 0.3 is 0 Å². The number of aryl methyl sites for hydroxylation is 1. The van der Waals surface area contributed by atoms with E-state index in [1.54, 1.807) is 23.3 Å². The van der Waals surface area contributed by atoms with Crippen molar-refractivity contribution in [3.63, 3.8) is 0 Å². The molecule has 2 fully saturated rings. The number of nitrogens with zero attached hydrogens (tertiary/aromatic N) is 6. The molecule has 0 saturated carbocycles. The Morgan fingerprint density at radius 2 is 1.97 bits per heavy atom. The second-order valence-corrected chi connectivity index (χ2v) is 8.80. The highest BCUT2D eigenvalue weighted by Gasteiger charge is 2.37. The first kappa shape index (κ1) is 21.8. The van der Waals surface area contributed by atoms with Crippen molar-refractivity contribution in [1.82, 2.24) is 24.8 Å². The summed E-state index contributed by atoms with van der Waals surface area (Å²) in [6, 6.07) is 7.91. The maximum absolute atomic E-state index is 13.9. The number of halogens is 2. The minimum Gasteiger partial charge on any atom is -0.356 e. The van der Waals surface area contributed by atoms with E-state index in [1.807, 2.05) is 19.2 Å². The molecule has 0 radical (unpaired) electrons. The van der Waals surface area contributed by atoms with Gasteiger partial charge in [0.05, 0.1) is 24.0 Å². The molecule has 0 N–H and O–H groups in total. The van der Waals surface area contributed by atoms with Crippen LogP contribution < -0.4 is 4.90 Å². The summed E-state index contributed by atoms with van der Waals surface area (Å²) in [6.07, 6.45) is 5.27. The van der Waals surface area contributed by atoms with Crippen molar-refractivity contribution in [2.45, 2.75) is 25.3 Å². The van der Waals surface area contributed by atoms with Gasteiger partial charge in [-0.05, 0) is 42.7 Å². The highest BCUT2D eigenvalue weighted by Crippen LogP contribution is 2.35. The summed E-state index contributed by atoms with van der Waals surface area (Å²) < 4.78 is 15.6. The number of carbonyl (C=O) groups excluding carboxylic acids is 1. The largest absolute Gasteiger partial charge is 0.356 e. The molecule has 1 aromatic carbocycles. The Bertz CT molecular complexity index is 1140. The van der Waals surface area contributed by atoms with Crippen molar-refractivity contribution in [3.8, 4) is 11.4 Å². The van der Waals surface area contributed by atoms with Crippen LogP contribution >= 0.6 is 11.6 Å². The number of piperidine rings is 1. The maximum atomic E-state index is 13.9. The zero-order valence-electron chi connectivity index (χ0n) is 18.2. The first-order chi connectivity index (χ1) is 16.0. The molecule has 4 heterocycles. The van der Waals surface area contributed by atoms with Crippen molar-refractivity contribution in [1.29, 1.82) is 0 Å². The van der Waals surface area contributed by atoms with Gasteiger partial charge < -0.3 is 4.90 Å². The van der Waals surface area contributed by atoms with Crippen LogP contribution in [-0.4, -0.2) is 50.4 Å². The normalized spacial score (nSPS) is 19.3. The molecule has 0 aliphatic carbocycles.